The summed E-state index contributed by atoms with van der Waals surface area (Å²) >= 11 is 0. The third-order valence-electron chi connectivity index (χ3n) is 4.68. The molecule has 0 aliphatic heterocycles. The van der Waals surface area contributed by atoms with Gasteiger partial charge in [0, 0.05) is 12.3 Å². The standard InChI is InChI=1S/C23H44O6/c1-4-7-9-12-22(24)19-28-17-15-26-13-14-27-16-18-29-20-23(25)21(10-6-3)11-8-5-2/h21H,4-20H2,1-3H3. The van der Waals surface area contributed by atoms with Crippen molar-refractivity contribution in [2.45, 2.75) is 78.6 Å². The van der Waals surface area contributed by atoms with Gasteiger partial charge < -0.3 is 18.9 Å². The Hall–Kier alpha value is -0.820. The first-order chi connectivity index (χ1) is 14.2. The lowest BCUT2D eigenvalue weighted by molar-refractivity contribution is -0.128. The molecule has 0 aromatic rings. The fourth-order valence-corrected chi connectivity index (χ4v) is 2.94. The van der Waals surface area contributed by atoms with Crippen LogP contribution in [0.1, 0.15) is 78.6 Å². The van der Waals surface area contributed by atoms with Crippen LogP contribution >= 0.6 is 0 Å². The summed E-state index contributed by atoms with van der Waals surface area (Å²) in [6.07, 6.45) is 8.93. The summed E-state index contributed by atoms with van der Waals surface area (Å²) in [5.74, 6) is 0.516. The molecule has 1 unspecified atom stereocenters. The second-order valence-corrected chi connectivity index (χ2v) is 7.42. The molecule has 0 N–H and O–H groups in total. The molecule has 0 fully saturated rings. The summed E-state index contributed by atoms with van der Waals surface area (Å²) in [7, 11) is 0. The van der Waals surface area contributed by atoms with E-state index in [4.69, 9.17) is 18.9 Å². The van der Waals surface area contributed by atoms with Gasteiger partial charge in [-0.05, 0) is 19.3 Å². The maximum atomic E-state index is 12.2. The average molecular weight is 417 g/mol. The molecule has 0 aliphatic carbocycles. The quantitative estimate of drug-likeness (QED) is 0.230. The third kappa shape index (κ3) is 18.9. The molecule has 0 aromatic heterocycles. The van der Waals surface area contributed by atoms with Crippen LogP contribution in [0.4, 0.5) is 0 Å². The summed E-state index contributed by atoms with van der Waals surface area (Å²) in [6, 6.07) is 0. The first kappa shape index (κ1) is 28.2. The van der Waals surface area contributed by atoms with E-state index in [0.29, 0.717) is 46.1 Å². The molecule has 0 aromatic carbocycles. The summed E-state index contributed by atoms with van der Waals surface area (Å²) in [6.45, 7) is 9.43. The minimum Gasteiger partial charge on any atom is -0.377 e. The smallest absolute Gasteiger partial charge is 0.161 e. The molecule has 6 nitrogen and oxygen atoms in total. The molecule has 0 saturated heterocycles. The van der Waals surface area contributed by atoms with Crippen molar-refractivity contribution >= 4 is 11.6 Å². The Morgan fingerprint density at radius 2 is 1.17 bits per heavy atom. The molecule has 1 atom stereocenters. The molecule has 0 amide bonds. The molecule has 29 heavy (non-hydrogen) atoms. The van der Waals surface area contributed by atoms with Gasteiger partial charge in [-0.25, -0.2) is 0 Å². The van der Waals surface area contributed by atoms with E-state index in [2.05, 4.69) is 20.8 Å². The molecular weight excluding hydrogens is 372 g/mol. The number of Topliss-reactive ketones (excluding diaryl/α,β-unsaturated/α-hetero) is 2. The monoisotopic (exact) mass is 416 g/mol. The number of hydrogen-bond acceptors (Lipinski definition) is 6. The van der Waals surface area contributed by atoms with E-state index in [1.54, 1.807) is 0 Å². The normalized spacial score (nSPS) is 12.2. The van der Waals surface area contributed by atoms with Crippen LogP contribution < -0.4 is 0 Å². The van der Waals surface area contributed by atoms with Crippen molar-refractivity contribution in [1.29, 1.82) is 0 Å². The summed E-state index contributed by atoms with van der Waals surface area (Å²) < 4.78 is 21.6. The zero-order valence-electron chi connectivity index (χ0n) is 19.0. The van der Waals surface area contributed by atoms with E-state index in [9.17, 15) is 9.59 Å². The molecule has 6 heteroatoms. The van der Waals surface area contributed by atoms with Crippen LogP contribution in [0.2, 0.25) is 0 Å². The summed E-state index contributed by atoms with van der Waals surface area (Å²) in [5, 5.41) is 0. The number of rotatable bonds is 23. The van der Waals surface area contributed by atoms with Crippen molar-refractivity contribution < 1.29 is 28.5 Å². The van der Waals surface area contributed by atoms with Crippen molar-refractivity contribution in [3.63, 3.8) is 0 Å². The number of carbonyl (C=O) groups is 2. The van der Waals surface area contributed by atoms with Gasteiger partial charge in [-0.3, -0.25) is 9.59 Å². The molecule has 0 spiro atoms. The van der Waals surface area contributed by atoms with Gasteiger partial charge in [-0.1, -0.05) is 52.9 Å². The van der Waals surface area contributed by atoms with Gasteiger partial charge in [0.15, 0.2) is 11.6 Å². The number of hydrogen-bond donors (Lipinski definition) is 0. The number of carbonyl (C=O) groups excluding carboxylic acids is 2. The lowest BCUT2D eigenvalue weighted by Crippen LogP contribution is -2.21. The van der Waals surface area contributed by atoms with Crippen LogP contribution in [0.5, 0.6) is 0 Å². The lowest BCUT2D eigenvalue weighted by Gasteiger charge is -2.14. The van der Waals surface area contributed by atoms with Crippen LogP contribution in [0.3, 0.4) is 0 Å². The van der Waals surface area contributed by atoms with Crippen LogP contribution in [0, 0.1) is 5.92 Å². The molecule has 0 bridgehead atoms. The Morgan fingerprint density at radius 1 is 0.621 bits per heavy atom. The van der Waals surface area contributed by atoms with Gasteiger partial charge in [0.1, 0.15) is 13.2 Å². The van der Waals surface area contributed by atoms with Gasteiger partial charge in [0.05, 0.1) is 39.6 Å². The van der Waals surface area contributed by atoms with Crippen LogP contribution in [-0.2, 0) is 28.5 Å². The van der Waals surface area contributed by atoms with E-state index in [1.807, 2.05) is 0 Å². The maximum Gasteiger partial charge on any atom is 0.161 e. The minimum absolute atomic E-state index is 0.142. The van der Waals surface area contributed by atoms with Gasteiger partial charge in [0.25, 0.3) is 0 Å². The second kappa shape index (κ2) is 21.9. The predicted molar refractivity (Wildman–Crippen MR) is 115 cm³/mol. The fourth-order valence-electron chi connectivity index (χ4n) is 2.94. The summed E-state index contributed by atoms with van der Waals surface area (Å²) in [4.78, 5) is 23.7. The summed E-state index contributed by atoms with van der Waals surface area (Å²) in [5.41, 5.74) is 0. The van der Waals surface area contributed by atoms with Crippen molar-refractivity contribution in [1.82, 2.24) is 0 Å². The van der Waals surface area contributed by atoms with Crippen LogP contribution in [-0.4, -0.2) is 64.4 Å². The Balaban J connectivity index is 3.42. The van der Waals surface area contributed by atoms with Crippen molar-refractivity contribution in [2.75, 3.05) is 52.9 Å². The van der Waals surface area contributed by atoms with E-state index in [0.717, 1.165) is 51.4 Å². The highest BCUT2D eigenvalue weighted by Crippen LogP contribution is 2.16. The van der Waals surface area contributed by atoms with E-state index in [-0.39, 0.29) is 30.7 Å². The van der Waals surface area contributed by atoms with Gasteiger partial charge in [-0.15, -0.1) is 0 Å². The van der Waals surface area contributed by atoms with Crippen LogP contribution in [0.15, 0.2) is 0 Å². The number of ether oxygens (including phenoxy) is 4. The Kier molecular flexibility index (Phi) is 21.3. The molecule has 0 heterocycles. The zero-order chi connectivity index (χ0) is 21.6. The zero-order valence-corrected chi connectivity index (χ0v) is 19.0. The first-order valence-electron chi connectivity index (χ1n) is 11.5. The van der Waals surface area contributed by atoms with Crippen LogP contribution in [0.25, 0.3) is 0 Å². The van der Waals surface area contributed by atoms with E-state index < -0.39 is 0 Å². The SMILES string of the molecule is CCCCCC(=O)COCCOCCOCCOCC(=O)C(CCC)CCCC. The highest BCUT2D eigenvalue weighted by Gasteiger charge is 2.16. The van der Waals surface area contributed by atoms with E-state index in [1.165, 1.54) is 0 Å². The second-order valence-electron chi connectivity index (χ2n) is 7.42. The molecular formula is C23H44O6. The van der Waals surface area contributed by atoms with Gasteiger partial charge in [0.2, 0.25) is 0 Å². The molecule has 172 valence electrons. The highest BCUT2D eigenvalue weighted by molar-refractivity contribution is 5.82. The Morgan fingerprint density at radius 3 is 1.72 bits per heavy atom. The highest BCUT2D eigenvalue weighted by atomic mass is 16.6. The minimum atomic E-state index is 0.142. The first-order valence-corrected chi connectivity index (χ1v) is 11.5. The predicted octanol–water partition coefficient (Wildman–Crippen LogP) is 4.38. The Labute approximate surface area is 178 Å². The largest absolute Gasteiger partial charge is 0.377 e. The molecule has 0 aliphatic rings. The van der Waals surface area contributed by atoms with Crippen molar-refractivity contribution in [3.8, 4) is 0 Å². The molecule has 0 saturated carbocycles. The van der Waals surface area contributed by atoms with Crippen molar-refractivity contribution in [3.05, 3.63) is 0 Å². The van der Waals surface area contributed by atoms with E-state index >= 15 is 0 Å². The maximum absolute atomic E-state index is 12.2. The fraction of sp³-hybridized carbons (Fsp3) is 0.913. The molecule has 0 radical (unpaired) electrons. The average Bonchev–Trinajstić information content (AvgIpc) is 2.71. The topological polar surface area (TPSA) is 71.1 Å². The number of ketones is 2. The van der Waals surface area contributed by atoms with Crippen molar-refractivity contribution in [2.24, 2.45) is 5.92 Å². The lowest BCUT2D eigenvalue weighted by atomic mass is 9.93. The molecule has 0 rings (SSSR count). The third-order valence-corrected chi connectivity index (χ3v) is 4.68. The Bertz CT molecular complexity index is 386. The number of unbranched alkanes of at least 4 members (excludes halogenated alkanes) is 3. The van der Waals surface area contributed by atoms with Gasteiger partial charge >= 0.3 is 0 Å². The van der Waals surface area contributed by atoms with Gasteiger partial charge in [-0.2, -0.15) is 0 Å².